The average Bonchev–Trinajstić information content (AvgIpc) is 3.05. The first-order valence-corrected chi connectivity index (χ1v) is 16.3. The zero-order valence-electron chi connectivity index (χ0n) is 26.7. The molecule has 4 rings (SSSR count). The number of allylic oxidation sites excluding steroid dienone is 1. The van der Waals surface area contributed by atoms with E-state index in [-0.39, 0.29) is 23.5 Å². The molecule has 3 aromatic carbocycles. The molecule has 0 heterocycles. The van der Waals surface area contributed by atoms with E-state index in [4.69, 9.17) is 18.4 Å². The van der Waals surface area contributed by atoms with Crippen LogP contribution in [0.15, 0.2) is 66.7 Å². The van der Waals surface area contributed by atoms with Gasteiger partial charge in [-0.3, -0.25) is 0 Å². The number of ether oxygens (including phenoxy) is 3. The molecule has 0 saturated carbocycles. The quantitative estimate of drug-likeness (QED) is 0.0959. The smallest absolute Gasteiger partial charge is 0.182 e. The van der Waals surface area contributed by atoms with Crippen LogP contribution in [0.25, 0.3) is 0 Å². The van der Waals surface area contributed by atoms with Crippen molar-refractivity contribution in [2.75, 3.05) is 14.2 Å². The van der Waals surface area contributed by atoms with Crippen molar-refractivity contribution in [2.24, 2.45) is 5.92 Å². The Morgan fingerprint density at radius 1 is 0.932 bits per heavy atom. The summed E-state index contributed by atoms with van der Waals surface area (Å²) in [4.78, 5) is 11.1. The Kier molecular flexibility index (Phi) is 12.2. The molecule has 44 heavy (non-hydrogen) atoms. The second-order valence-electron chi connectivity index (χ2n) is 11.4. The molecule has 1 aliphatic carbocycles. The van der Waals surface area contributed by atoms with E-state index in [9.17, 15) is 9.18 Å². The van der Waals surface area contributed by atoms with Crippen LogP contribution in [0, 0.1) is 5.92 Å². The van der Waals surface area contributed by atoms with Gasteiger partial charge in [-0.05, 0) is 71.6 Å². The second kappa shape index (κ2) is 16.0. The zero-order chi connectivity index (χ0) is 31.6. The van der Waals surface area contributed by atoms with E-state index in [0.717, 1.165) is 41.9 Å². The van der Waals surface area contributed by atoms with Crippen LogP contribution in [0.5, 0.6) is 23.0 Å². The van der Waals surface area contributed by atoms with Crippen molar-refractivity contribution < 1.29 is 27.6 Å². The van der Waals surface area contributed by atoms with Crippen LogP contribution >= 0.6 is 12.0 Å². The van der Waals surface area contributed by atoms with E-state index in [2.05, 4.69) is 58.0 Å². The Hall–Kier alpha value is -3.45. The molecule has 3 aromatic rings. The third kappa shape index (κ3) is 7.79. The summed E-state index contributed by atoms with van der Waals surface area (Å²) in [5.74, 6) is 2.44. The van der Waals surface area contributed by atoms with Gasteiger partial charge in [0, 0.05) is 5.56 Å². The third-order valence-electron chi connectivity index (χ3n) is 8.58. The lowest BCUT2D eigenvalue weighted by Crippen LogP contribution is -2.24. The Labute approximate surface area is 266 Å². The van der Waals surface area contributed by atoms with Gasteiger partial charge in [0.05, 0.1) is 37.4 Å². The molecule has 0 spiro atoms. The predicted octanol–water partition coefficient (Wildman–Crippen LogP) is 9.21. The molecule has 0 aliphatic heterocycles. The van der Waals surface area contributed by atoms with Crippen LogP contribution in [0.1, 0.15) is 80.2 Å². The Balaban J connectivity index is 1.62. The summed E-state index contributed by atoms with van der Waals surface area (Å²) < 4.78 is 38.5. The van der Waals surface area contributed by atoms with E-state index in [1.165, 1.54) is 28.7 Å². The van der Waals surface area contributed by atoms with Gasteiger partial charge in [-0.15, -0.1) is 0 Å². The number of halogens is 1. The molecule has 0 saturated heterocycles. The summed E-state index contributed by atoms with van der Waals surface area (Å²) in [6, 6.07) is 18.5. The molecule has 0 amide bonds. The number of carbonyl (C=O) groups is 1. The van der Waals surface area contributed by atoms with Crippen molar-refractivity contribution in [1.82, 2.24) is 0 Å². The zero-order valence-corrected chi connectivity index (χ0v) is 27.5. The van der Waals surface area contributed by atoms with Gasteiger partial charge in [-0.1, -0.05) is 82.7 Å². The molecule has 5 atom stereocenters. The number of methoxy groups -OCH3 is 2. The monoisotopic (exact) mass is 620 g/mol. The highest BCUT2D eigenvalue weighted by atomic mass is 32.2. The molecule has 0 aromatic heterocycles. The molecule has 0 N–H and O–H groups in total. The first-order chi connectivity index (χ1) is 21.3. The normalized spacial score (nSPS) is 19.2. The number of alkyl halides is 1. The van der Waals surface area contributed by atoms with Gasteiger partial charge >= 0.3 is 0 Å². The van der Waals surface area contributed by atoms with Gasteiger partial charge in [0.15, 0.2) is 23.0 Å². The van der Waals surface area contributed by atoms with Crippen molar-refractivity contribution in [3.63, 3.8) is 0 Å². The van der Waals surface area contributed by atoms with Crippen LogP contribution in [0.4, 0.5) is 4.39 Å². The van der Waals surface area contributed by atoms with Gasteiger partial charge < -0.3 is 23.2 Å². The lowest BCUT2D eigenvalue weighted by Gasteiger charge is -2.28. The maximum atomic E-state index is 14.4. The standard InChI is InChI=1S/C37H45FO5S/c1-7-12-27-19-36(42-23-26-13-10-9-11-14-26)35(41-6)21-32(27)25(4)24(3)31-17-18-34(40-5)37(30(31)8-2)43-44-29-16-15-28(22-39)33(38)20-29/h9-11,13-19,21-22,24-25,28-29,33H,7-8,12,20,23H2,1-6H3/t24?,25?,28-,29?,33?/m0/s1. The number of aryl methyl sites for hydroxylation is 1. The highest BCUT2D eigenvalue weighted by molar-refractivity contribution is 7.95. The summed E-state index contributed by atoms with van der Waals surface area (Å²) in [6.07, 6.45) is 5.89. The number of aldehydes is 1. The van der Waals surface area contributed by atoms with E-state index in [1.807, 2.05) is 30.3 Å². The highest BCUT2D eigenvalue weighted by Crippen LogP contribution is 2.45. The summed E-state index contributed by atoms with van der Waals surface area (Å²) in [6.45, 7) is 9.30. The largest absolute Gasteiger partial charge is 0.493 e. The average molecular weight is 621 g/mol. The molecule has 236 valence electrons. The number of rotatable bonds is 15. The summed E-state index contributed by atoms with van der Waals surface area (Å²) >= 11 is 1.22. The van der Waals surface area contributed by atoms with Crippen LogP contribution in [0.3, 0.4) is 0 Å². The summed E-state index contributed by atoms with van der Waals surface area (Å²) in [7, 11) is 3.32. The minimum atomic E-state index is -1.21. The SMILES string of the molecule is CCCc1cc(OCc2ccccc2)c(OC)cc1C(C)C(C)c1ccc(OC)c(OSC2C=C[C@@H](C=O)C(F)C2)c1CC. The van der Waals surface area contributed by atoms with Crippen LogP contribution in [0.2, 0.25) is 0 Å². The molecule has 5 nitrogen and oxygen atoms in total. The fraction of sp³-hybridized carbons (Fsp3) is 0.432. The van der Waals surface area contributed by atoms with Gasteiger partial charge in [0.2, 0.25) is 0 Å². The predicted molar refractivity (Wildman–Crippen MR) is 177 cm³/mol. The van der Waals surface area contributed by atoms with Crippen LogP contribution in [-0.4, -0.2) is 31.9 Å². The highest BCUT2D eigenvalue weighted by Gasteiger charge is 2.29. The Bertz CT molecular complexity index is 1410. The second-order valence-corrected chi connectivity index (χ2v) is 12.4. The molecule has 0 radical (unpaired) electrons. The van der Waals surface area contributed by atoms with Gasteiger partial charge in [0.25, 0.3) is 0 Å². The Morgan fingerprint density at radius 3 is 2.30 bits per heavy atom. The fourth-order valence-electron chi connectivity index (χ4n) is 5.88. The van der Waals surface area contributed by atoms with Crippen molar-refractivity contribution in [1.29, 1.82) is 0 Å². The first kappa shape index (κ1) is 33.4. The van der Waals surface area contributed by atoms with Crippen molar-refractivity contribution in [3.8, 4) is 23.0 Å². The molecule has 7 heteroatoms. The lowest BCUT2D eigenvalue weighted by atomic mass is 9.79. The molecule has 0 fully saturated rings. The summed E-state index contributed by atoms with van der Waals surface area (Å²) in [5.41, 5.74) is 5.86. The Morgan fingerprint density at radius 2 is 1.66 bits per heavy atom. The lowest BCUT2D eigenvalue weighted by molar-refractivity contribution is -0.111. The van der Waals surface area contributed by atoms with Gasteiger partial charge in [-0.2, -0.15) is 0 Å². The summed E-state index contributed by atoms with van der Waals surface area (Å²) in [5, 5.41) is -0.192. The van der Waals surface area contributed by atoms with Crippen molar-refractivity contribution in [2.45, 2.75) is 83.2 Å². The molecular weight excluding hydrogens is 575 g/mol. The maximum Gasteiger partial charge on any atom is 0.182 e. The van der Waals surface area contributed by atoms with E-state index < -0.39 is 12.1 Å². The first-order valence-electron chi connectivity index (χ1n) is 15.5. The number of carbonyl (C=O) groups excluding carboxylic acids is 1. The third-order valence-corrected chi connectivity index (χ3v) is 9.44. The molecule has 0 bridgehead atoms. The minimum absolute atomic E-state index is 0.151. The van der Waals surface area contributed by atoms with Gasteiger partial charge in [-0.25, -0.2) is 4.39 Å². The van der Waals surface area contributed by atoms with E-state index in [0.29, 0.717) is 24.4 Å². The number of benzene rings is 3. The van der Waals surface area contributed by atoms with Gasteiger partial charge in [0.1, 0.15) is 19.1 Å². The topological polar surface area (TPSA) is 54.0 Å². The maximum absolute atomic E-state index is 14.4. The number of hydrogen-bond donors (Lipinski definition) is 0. The molecule has 1 aliphatic rings. The molecule has 4 unspecified atom stereocenters. The van der Waals surface area contributed by atoms with Crippen LogP contribution in [-0.2, 0) is 24.2 Å². The van der Waals surface area contributed by atoms with Crippen molar-refractivity contribution in [3.05, 3.63) is 94.6 Å². The van der Waals surface area contributed by atoms with Crippen LogP contribution < -0.4 is 18.4 Å². The van der Waals surface area contributed by atoms with Crippen molar-refractivity contribution >= 4 is 18.3 Å². The van der Waals surface area contributed by atoms with E-state index >= 15 is 0 Å². The fourth-order valence-corrected chi connectivity index (χ4v) is 6.70. The number of hydrogen-bond acceptors (Lipinski definition) is 6. The molecular formula is C37H45FO5S. The van der Waals surface area contributed by atoms with E-state index in [1.54, 1.807) is 20.3 Å². The minimum Gasteiger partial charge on any atom is -0.493 e.